The van der Waals surface area contributed by atoms with Gasteiger partial charge in [0.1, 0.15) is 5.75 Å². The second-order valence-electron chi connectivity index (χ2n) is 4.87. The molecule has 0 bridgehead atoms. The molecule has 1 aromatic rings. The highest BCUT2D eigenvalue weighted by molar-refractivity contribution is 5.98. The third-order valence-corrected chi connectivity index (χ3v) is 3.16. The summed E-state index contributed by atoms with van der Waals surface area (Å²) in [6, 6.07) is 7.22. The molecule has 0 saturated heterocycles. The van der Waals surface area contributed by atoms with Crippen LogP contribution in [0.4, 0.5) is 0 Å². The normalized spacial score (nSPS) is 11.8. The molecule has 5 heteroatoms. The molecule has 1 aromatic carbocycles. The van der Waals surface area contributed by atoms with Crippen LogP contribution in [-0.2, 0) is 4.79 Å². The zero-order chi connectivity index (χ0) is 15.7. The molecule has 0 radical (unpaired) electrons. The van der Waals surface area contributed by atoms with Crippen molar-refractivity contribution in [1.82, 2.24) is 10.6 Å². The van der Waals surface area contributed by atoms with Gasteiger partial charge >= 0.3 is 0 Å². The number of likely N-dealkylation sites (N-methyl/N-ethyl adjacent to an activating group) is 1. The van der Waals surface area contributed by atoms with Crippen molar-refractivity contribution in [3.63, 3.8) is 0 Å². The monoisotopic (exact) mass is 292 g/mol. The second-order valence-corrected chi connectivity index (χ2v) is 4.87. The minimum Gasteiger partial charge on any atom is -0.494 e. The maximum Gasteiger partial charge on any atom is 0.220 e. The Bertz CT molecular complexity index is 457. The third kappa shape index (κ3) is 6.40. The van der Waals surface area contributed by atoms with Crippen LogP contribution < -0.4 is 15.4 Å². The fourth-order valence-electron chi connectivity index (χ4n) is 1.73. The fourth-order valence-corrected chi connectivity index (χ4v) is 1.73. The molecule has 0 heterocycles. The molecule has 0 spiro atoms. The molecule has 0 aromatic heterocycles. The van der Waals surface area contributed by atoms with Crippen LogP contribution in [0, 0.1) is 0 Å². The minimum atomic E-state index is -0.101. The Balaban J connectivity index is 2.37. The molecule has 5 nitrogen and oxygen atoms in total. The first-order valence-corrected chi connectivity index (χ1v) is 7.26. The van der Waals surface area contributed by atoms with E-state index in [0.717, 1.165) is 5.75 Å². The third-order valence-electron chi connectivity index (χ3n) is 3.16. The van der Waals surface area contributed by atoms with Crippen molar-refractivity contribution in [2.45, 2.75) is 32.7 Å². The Morgan fingerprint density at radius 1 is 1.19 bits per heavy atom. The summed E-state index contributed by atoms with van der Waals surface area (Å²) < 4.78 is 5.32. The summed E-state index contributed by atoms with van der Waals surface area (Å²) in [5, 5.41) is 5.83. The number of rotatable bonds is 9. The van der Waals surface area contributed by atoms with Gasteiger partial charge in [-0.1, -0.05) is 0 Å². The first kappa shape index (κ1) is 17.2. The van der Waals surface area contributed by atoms with Crippen LogP contribution in [0.5, 0.6) is 5.75 Å². The topological polar surface area (TPSA) is 67.4 Å². The van der Waals surface area contributed by atoms with E-state index in [1.54, 1.807) is 24.3 Å². The van der Waals surface area contributed by atoms with E-state index in [9.17, 15) is 9.59 Å². The van der Waals surface area contributed by atoms with Crippen LogP contribution in [0.25, 0.3) is 0 Å². The van der Waals surface area contributed by atoms with Crippen LogP contribution >= 0.6 is 0 Å². The van der Waals surface area contributed by atoms with Gasteiger partial charge in [0.05, 0.1) is 6.61 Å². The lowest BCUT2D eigenvalue weighted by atomic mass is 10.1. The minimum absolute atomic E-state index is 0.0325. The lowest BCUT2D eigenvalue weighted by molar-refractivity contribution is -0.121. The molecular formula is C16H24N2O3. The van der Waals surface area contributed by atoms with Gasteiger partial charge in [-0.15, -0.1) is 0 Å². The van der Waals surface area contributed by atoms with Gasteiger partial charge in [-0.2, -0.15) is 0 Å². The van der Waals surface area contributed by atoms with Gasteiger partial charge in [0.2, 0.25) is 5.91 Å². The number of nitrogens with one attached hydrogen (secondary N) is 2. The van der Waals surface area contributed by atoms with E-state index in [-0.39, 0.29) is 30.6 Å². The summed E-state index contributed by atoms with van der Waals surface area (Å²) in [5.74, 6) is 0.610. The highest BCUT2D eigenvalue weighted by Gasteiger charge is 2.10. The largest absolute Gasteiger partial charge is 0.494 e. The number of carbonyl (C=O) groups is 2. The predicted molar refractivity (Wildman–Crippen MR) is 82.7 cm³/mol. The van der Waals surface area contributed by atoms with E-state index in [2.05, 4.69) is 10.6 Å². The number of benzene rings is 1. The molecule has 0 fully saturated rings. The summed E-state index contributed by atoms with van der Waals surface area (Å²) in [5.41, 5.74) is 0.606. The number of hydrogen-bond donors (Lipinski definition) is 2. The highest BCUT2D eigenvalue weighted by atomic mass is 16.5. The standard InChI is InChI=1S/C16H24N2O3/c1-4-21-14-7-5-13(6-8-14)15(19)9-10-16(20)18-11-12(2)17-3/h5-8,12,17H,4,9-11H2,1-3H3,(H,18,20). The van der Waals surface area contributed by atoms with Crippen molar-refractivity contribution < 1.29 is 14.3 Å². The quantitative estimate of drug-likeness (QED) is 0.681. The Kier molecular flexibility index (Phi) is 7.46. The zero-order valence-electron chi connectivity index (χ0n) is 12.9. The lowest BCUT2D eigenvalue weighted by Gasteiger charge is -2.11. The van der Waals surface area contributed by atoms with Crippen molar-refractivity contribution in [3.05, 3.63) is 29.8 Å². The summed E-state index contributed by atoms with van der Waals surface area (Å²) >= 11 is 0. The van der Waals surface area contributed by atoms with Gasteiger partial charge in [-0.3, -0.25) is 9.59 Å². The Labute approximate surface area is 126 Å². The molecule has 1 unspecified atom stereocenters. The van der Waals surface area contributed by atoms with E-state index < -0.39 is 0 Å². The van der Waals surface area contributed by atoms with Gasteiger partial charge in [-0.05, 0) is 45.2 Å². The second kappa shape index (κ2) is 9.13. The van der Waals surface area contributed by atoms with Crippen LogP contribution in [0.3, 0.4) is 0 Å². The summed E-state index contributed by atoms with van der Waals surface area (Å²) in [6.45, 7) is 5.04. The molecule has 1 rings (SSSR count). The van der Waals surface area contributed by atoms with E-state index in [1.165, 1.54) is 0 Å². The number of Topliss-reactive ketones (excluding diaryl/α,β-unsaturated/α-hetero) is 1. The number of carbonyl (C=O) groups excluding carboxylic acids is 2. The number of ketones is 1. The Hall–Kier alpha value is -1.88. The van der Waals surface area contributed by atoms with Gasteiger partial charge in [0.25, 0.3) is 0 Å². The fraction of sp³-hybridized carbons (Fsp3) is 0.500. The van der Waals surface area contributed by atoms with Crippen LogP contribution in [0.1, 0.15) is 37.0 Å². The van der Waals surface area contributed by atoms with Gasteiger partial charge in [-0.25, -0.2) is 0 Å². The van der Waals surface area contributed by atoms with Crippen molar-refractivity contribution in [2.75, 3.05) is 20.2 Å². The first-order chi connectivity index (χ1) is 10.1. The summed E-state index contributed by atoms with van der Waals surface area (Å²) in [7, 11) is 1.84. The van der Waals surface area contributed by atoms with Crippen LogP contribution in [0.15, 0.2) is 24.3 Å². The lowest BCUT2D eigenvalue weighted by Crippen LogP contribution is -2.37. The van der Waals surface area contributed by atoms with Gasteiger partial charge in [0, 0.05) is 31.0 Å². The molecular weight excluding hydrogens is 268 g/mol. The number of amides is 1. The van der Waals surface area contributed by atoms with E-state index >= 15 is 0 Å². The van der Waals surface area contributed by atoms with Gasteiger partial charge in [0.15, 0.2) is 5.78 Å². The van der Waals surface area contributed by atoms with Crippen molar-refractivity contribution >= 4 is 11.7 Å². The average Bonchev–Trinajstić information content (AvgIpc) is 2.51. The number of ether oxygens (including phenoxy) is 1. The number of hydrogen-bond acceptors (Lipinski definition) is 4. The Morgan fingerprint density at radius 2 is 1.86 bits per heavy atom. The molecule has 1 amide bonds. The molecule has 0 aliphatic rings. The summed E-state index contributed by atoms with van der Waals surface area (Å²) in [4.78, 5) is 23.6. The van der Waals surface area contributed by atoms with E-state index in [1.807, 2.05) is 20.9 Å². The summed E-state index contributed by atoms with van der Waals surface area (Å²) in [6.07, 6.45) is 0.427. The van der Waals surface area contributed by atoms with Crippen molar-refractivity contribution in [3.8, 4) is 5.75 Å². The van der Waals surface area contributed by atoms with Crippen LogP contribution in [0.2, 0.25) is 0 Å². The maximum atomic E-state index is 12.0. The molecule has 21 heavy (non-hydrogen) atoms. The predicted octanol–water partition coefficient (Wildman–Crippen LogP) is 1.77. The van der Waals surface area contributed by atoms with Crippen molar-refractivity contribution in [1.29, 1.82) is 0 Å². The Morgan fingerprint density at radius 3 is 2.43 bits per heavy atom. The van der Waals surface area contributed by atoms with Crippen LogP contribution in [-0.4, -0.2) is 37.9 Å². The molecule has 1 atom stereocenters. The highest BCUT2D eigenvalue weighted by Crippen LogP contribution is 2.13. The van der Waals surface area contributed by atoms with Gasteiger partial charge < -0.3 is 15.4 Å². The molecule has 116 valence electrons. The SMILES string of the molecule is CCOc1ccc(C(=O)CCC(=O)NCC(C)NC)cc1. The van der Waals surface area contributed by atoms with E-state index in [4.69, 9.17) is 4.74 Å². The molecule has 2 N–H and O–H groups in total. The molecule has 0 aliphatic carbocycles. The van der Waals surface area contributed by atoms with Crippen molar-refractivity contribution in [2.24, 2.45) is 0 Å². The first-order valence-electron chi connectivity index (χ1n) is 7.26. The maximum absolute atomic E-state index is 12.0. The molecule has 0 saturated carbocycles. The molecule has 0 aliphatic heterocycles. The smallest absolute Gasteiger partial charge is 0.220 e. The zero-order valence-corrected chi connectivity index (χ0v) is 12.9. The van der Waals surface area contributed by atoms with E-state index in [0.29, 0.717) is 18.7 Å². The average molecular weight is 292 g/mol.